The lowest BCUT2D eigenvalue weighted by Gasteiger charge is -2.17. The van der Waals surface area contributed by atoms with Gasteiger partial charge >= 0.3 is 0 Å². The van der Waals surface area contributed by atoms with E-state index in [0.717, 1.165) is 29.1 Å². The molecule has 82 valence electrons. The van der Waals surface area contributed by atoms with Crippen molar-refractivity contribution in [2.75, 3.05) is 5.75 Å². The Bertz CT molecular complexity index is 494. The van der Waals surface area contributed by atoms with Crippen LogP contribution in [-0.2, 0) is 16.4 Å². The molecule has 5 heteroatoms. The first-order valence-electron chi connectivity index (χ1n) is 4.77. The summed E-state index contributed by atoms with van der Waals surface area (Å²) in [4.78, 5) is 1.33. The lowest BCUT2D eigenvalue weighted by atomic mass is 10.1. The molecular formula is C10H13NO2S2. The molecule has 1 aromatic carbocycles. The van der Waals surface area contributed by atoms with Crippen molar-refractivity contribution in [3.05, 3.63) is 23.3 Å². The van der Waals surface area contributed by atoms with Gasteiger partial charge in [-0.2, -0.15) is 0 Å². The number of rotatable bonds is 1. The van der Waals surface area contributed by atoms with Crippen LogP contribution in [0.5, 0.6) is 0 Å². The summed E-state index contributed by atoms with van der Waals surface area (Å²) in [6, 6.07) is 3.66. The first-order valence-corrected chi connectivity index (χ1v) is 7.31. The Kier molecular flexibility index (Phi) is 2.79. The summed E-state index contributed by atoms with van der Waals surface area (Å²) in [6.07, 6.45) is 2.19. The van der Waals surface area contributed by atoms with E-state index in [9.17, 15) is 8.42 Å². The van der Waals surface area contributed by atoms with E-state index < -0.39 is 10.0 Å². The minimum absolute atomic E-state index is 0.260. The standard InChI is InChI=1S/C10H13NO2S2/c1-7-5-8-3-2-4-14-9(8)6-10(7)15(11,12)13/h5-6H,2-4H2,1H3,(H2,11,12,13). The van der Waals surface area contributed by atoms with Crippen molar-refractivity contribution in [1.82, 2.24) is 0 Å². The number of hydrogen-bond donors (Lipinski definition) is 1. The first kappa shape index (κ1) is 11.0. The van der Waals surface area contributed by atoms with Gasteiger partial charge in [0.25, 0.3) is 0 Å². The third kappa shape index (κ3) is 2.19. The molecule has 1 heterocycles. The molecule has 1 aliphatic heterocycles. The number of fused-ring (bicyclic) bond motifs is 1. The molecule has 0 unspecified atom stereocenters. The normalized spacial score (nSPS) is 16.1. The van der Waals surface area contributed by atoms with Crippen molar-refractivity contribution in [2.45, 2.75) is 29.6 Å². The molecule has 2 N–H and O–H groups in total. The second-order valence-corrected chi connectivity index (χ2v) is 6.39. The van der Waals surface area contributed by atoms with E-state index >= 15 is 0 Å². The lowest BCUT2D eigenvalue weighted by Crippen LogP contribution is -2.14. The number of hydrogen-bond acceptors (Lipinski definition) is 3. The highest BCUT2D eigenvalue weighted by molar-refractivity contribution is 7.99. The predicted octanol–water partition coefficient (Wildman–Crippen LogP) is 1.68. The average Bonchev–Trinajstić information content (AvgIpc) is 2.15. The molecule has 0 spiro atoms. The van der Waals surface area contributed by atoms with Crippen LogP contribution in [0.25, 0.3) is 0 Å². The molecule has 0 saturated heterocycles. The molecule has 0 saturated carbocycles. The maximum atomic E-state index is 11.3. The third-order valence-electron chi connectivity index (χ3n) is 2.51. The van der Waals surface area contributed by atoms with Crippen LogP contribution >= 0.6 is 11.8 Å². The summed E-state index contributed by atoms with van der Waals surface area (Å²) in [5.74, 6) is 1.06. The summed E-state index contributed by atoms with van der Waals surface area (Å²) in [5.41, 5.74) is 2.00. The predicted molar refractivity (Wildman–Crippen MR) is 61.6 cm³/mol. The number of sulfonamides is 1. The van der Waals surface area contributed by atoms with E-state index in [0.29, 0.717) is 0 Å². The number of primary sulfonamides is 1. The fourth-order valence-corrected chi connectivity index (χ4v) is 3.73. The van der Waals surface area contributed by atoms with Crippen LogP contribution in [0.15, 0.2) is 21.9 Å². The molecule has 15 heavy (non-hydrogen) atoms. The highest BCUT2D eigenvalue weighted by Gasteiger charge is 2.17. The molecule has 0 radical (unpaired) electrons. The summed E-state index contributed by atoms with van der Waals surface area (Å²) < 4.78 is 22.6. The number of thioether (sulfide) groups is 1. The molecule has 3 nitrogen and oxygen atoms in total. The second-order valence-electron chi connectivity index (χ2n) is 3.72. The molecule has 0 atom stereocenters. The van der Waals surface area contributed by atoms with E-state index in [1.165, 1.54) is 5.56 Å². The van der Waals surface area contributed by atoms with E-state index in [4.69, 9.17) is 5.14 Å². The minimum Gasteiger partial charge on any atom is -0.225 e. The van der Waals surface area contributed by atoms with Gasteiger partial charge < -0.3 is 0 Å². The highest BCUT2D eigenvalue weighted by Crippen LogP contribution is 2.33. The van der Waals surface area contributed by atoms with Crippen LogP contribution in [0.4, 0.5) is 0 Å². The van der Waals surface area contributed by atoms with Gasteiger partial charge in [0.15, 0.2) is 0 Å². The van der Waals surface area contributed by atoms with Crippen molar-refractivity contribution in [2.24, 2.45) is 5.14 Å². The molecule has 0 fully saturated rings. The molecule has 0 bridgehead atoms. The molecule has 0 amide bonds. The molecule has 1 aliphatic rings. The van der Waals surface area contributed by atoms with Crippen molar-refractivity contribution in [3.63, 3.8) is 0 Å². The van der Waals surface area contributed by atoms with E-state index in [2.05, 4.69) is 0 Å². The number of aryl methyl sites for hydroxylation is 2. The van der Waals surface area contributed by atoms with E-state index in [-0.39, 0.29) is 4.90 Å². The van der Waals surface area contributed by atoms with Crippen molar-refractivity contribution < 1.29 is 8.42 Å². The Hall–Kier alpha value is -0.520. The largest absolute Gasteiger partial charge is 0.238 e. The smallest absolute Gasteiger partial charge is 0.225 e. The first-order chi connectivity index (χ1) is 6.98. The molecular weight excluding hydrogens is 230 g/mol. The van der Waals surface area contributed by atoms with Gasteiger partial charge in [0.1, 0.15) is 0 Å². The summed E-state index contributed by atoms with van der Waals surface area (Å²) in [6.45, 7) is 1.79. The van der Waals surface area contributed by atoms with Crippen LogP contribution in [0.1, 0.15) is 17.5 Å². The van der Waals surface area contributed by atoms with Crippen molar-refractivity contribution in [1.29, 1.82) is 0 Å². The Morgan fingerprint density at radius 2 is 2.13 bits per heavy atom. The summed E-state index contributed by atoms with van der Waals surface area (Å²) in [5, 5.41) is 5.15. The SMILES string of the molecule is Cc1cc2c(cc1S(N)(=O)=O)SCCC2. The van der Waals surface area contributed by atoms with Crippen LogP contribution in [0.3, 0.4) is 0 Å². The molecule has 0 aliphatic carbocycles. The third-order valence-corrected chi connectivity index (χ3v) is 4.75. The fraction of sp³-hybridized carbons (Fsp3) is 0.400. The van der Waals surface area contributed by atoms with Gasteiger partial charge in [-0.3, -0.25) is 0 Å². The van der Waals surface area contributed by atoms with E-state index in [1.807, 2.05) is 6.07 Å². The van der Waals surface area contributed by atoms with Crippen LogP contribution in [0, 0.1) is 6.92 Å². The zero-order chi connectivity index (χ0) is 11.1. The second kappa shape index (κ2) is 3.81. The van der Waals surface area contributed by atoms with Gasteiger partial charge in [-0.1, -0.05) is 6.07 Å². The van der Waals surface area contributed by atoms with Crippen LogP contribution in [-0.4, -0.2) is 14.2 Å². The zero-order valence-electron chi connectivity index (χ0n) is 8.49. The molecule has 1 aromatic rings. The Morgan fingerprint density at radius 1 is 1.40 bits per heavy atom. The van der Waals surface area contributed by atoms with Crippen molar-refractivity contribution >= 4 is 21.8 Å². The average molecular weight is 243 g/mol. The van der Waals surface area contributed by atoms with Gasteiger partial charge in [-0.15, -0.1) is 11.8 Å². The lowest BCUT2D eigenvalue weighted by molar-refractivity contribution is 0.597. The van der Waals surface area contributed by atoms with Gasteiger partial charge in [-0.05, 0) is 42.7 Å². The fourth-order valence-electron chi connectivity index (χ4n) is 1.81. The Balaban J connectivity index is 2.60. The summed E-state index contributed by atoms with van der Waals surface area (Å²) >= 11 is 1.71. The van der Waals surface area contributed by atoms with Crippen molar-refractivity contribution in [3.8, 4) is 0 Å². The number of benzene rings is 1. The van der Waals surface area contributed by atoms with Crippen LogP contribution in [0.2, 0.25) is 0 Å². The molecule has 2 rings (SSSR count). The maximum absolute atomic E-state index is 11.3. The number of nitrogens with two attached hydrogens (primary N) is 1. The Labute approximate surface area is 94.1 Å². The van der Waals surface area contributed by atoms with Crippen LogP contribution < -0.4 is 5.14 Å². The zero-order valence-corrected chi connectivity index (χ0v) is 10.1. The monoisotopic (exact) mass is 243 g/mol. The highest BCUT2D eigenvalue weighted by atomic mass is 32.2. The minimum atomic E-state index is -3.58. The quantitative estimate of drug-likeness (QED) is 0.816. The van der Waals surface area contributed by atoms with Gasteiger partial charge in [-0.25, -0.2) is 13.6 Å². The van der Waals surface area contributed by atoms with E-state index in [1.54, 1.807) is 24.8 Å². The Morgan fingerprint density at radius 3 is 2.80 bits per heavy atom. The topological polar surface area (TPSA) is 60.2 Å². The molecule has 0 aromatic heterocycles. The maximum Gasteiger partial charge on any atom is 0.238 e. The van der Waals surface area contributed by atoms with Gasteiger partial charge in [0.2, 0.25) is 10.0 Å². The van der Waals surface area contributed by atoms with Gasteiger partial charge in [0, 0.05) is 4.90 Å². The summed E-state index contributed by atoms with van der Waals surface area (Å²) in [7, 11) is -3.58. The van der Waals surface area contributed by atoms with Gasteiger partial charge in [0.05, 0.1) is 4.90 Å².